The van der Waals surface area contributed by atoms with Gasteiger partial charge in [-0.15, -0.1) is 0 Å². The Balaban J connectivity index is 1.98. The molecular formula is C14H9N3O3. The summed E-state index contributed by atoms with van der Waals surface area (Å²) in [5.41, 5.74) is 1.47. The topological polar surface area (TPSA) is 89.1 Å². The van der Waals surface area contributed by atoms with Crippen molar-refractivity contribution in [2.45, 2.75) is 0 Å². The van der Waals surface area contributed by atoms with Crippen molar-refractivity contribution in [2.75, 3.05) is 0 Å². The molecule has 0 bridgehead atoms. The molecule has 1 aromatic carbocycles. The van der Waals surface area contributed by atoms with Gasteiger partial charge in [0.25, 0.3) is 5.89 Å². The van der Waals surface area contributed by atoms with Gasteiger partial charge in [0.2, 0.25) is 5.82 Å². The summed E-state index contributed by atoms with van der Waals surface area (Å²) in [7, 11) is 0. The predicted octanol–water partition coefficient (Wildman–Crippen LogP) is 2.50. The molecule has 6 heteroatoms. The van der Waals surface area contributed by atoms with Crippen LogP contribution >= 0.6 is 0 Å². The predicted molar refractivity (Wildman–Crippen MR) is 69.9 cm³/mol. The van der Waals surface area contributed by atoms with Crippen LogP contribution in [0, 0.1) is 0 Å². The van der Waals surface area contributed by atoms with Gasteiger partial charge in [-0.25, -0.2) is 4.79 Å². The quantitative estimate of drug-likeness (QED) is 0.784. The van der Waals surface area contributed by atoms with Gasteiger partial charge in [-0.1, -0.05) is 11.2 Å². The molecule has 0 radical (unpaired) electrons. The highest BCUT2D eigenvalue weighted by Crippen LogP contribution is 2.22. The fraction of sp³-hybridized carbons (Fsp3) is 0. The van der Waals surface area contributed by atoms with Gasteiger partial charge in [-0.05, 0) is 30.3 Å². The van der Waals surface area contributed by atoms with E-state index in [1.807, 2.05) is 6.07 Å². The summed E-state index contributed by atoms with van der Waals surface area (Å²) in [5.74, 6) is -0.320. The van der Waals surface area contributed by atoms with E-state index in [1.54, 1.807) is 30.6 Å². The molecule has 0 saturated carbocycles. The van der Waals surface area contributed by atoms with Crippen molar-refractivity contribution in [3.63, 3.8) is 0 Å². The third-order valence-corrected chi connectivity index (χ3v) is 2.70. The van der Waals surface area contributed by atoms with E-state index < -0.39 is 5.97 Å². The highest BCUT2D eigenvalue weighted by atomic mass is 16.5. The van der Waals surface area contributed by atoms with Crippen LogP contribution in [-0.2, 0) is 0 Å². The highest BCUT2D eigenvalue weighted by Gasteiger charge is 2.12. The number of rotatable bonds is 3. The molecule has 0 fully saturated rings. The van der Waals surface area contributed by atoms with Crippen molar-refractivity contribution in [1.82, 2.24) is 15.1 Å². The first-order valence-corrected chi connectivity index (χ1v) is 5.82. The fourth-order valence-electron chi connectivity index (χ4n) is 1.74. The summed E-state index contributed by atoms with van der Waals surface area (Å²) < 4.78 is 5.16. The Kier molecular flexibility index (Phi) is 2.96. The second kappa shape index (κ2) is 4.93. The van der Waals surface area contributed by atoms with E-state index in [1.165, 1.54) is 12.1 Å². The molecule has 0 aliphatic heterocycles. The zero-order chi connectivity index (χ0) is 13.9. The van der Waals surface area contributed by atoms with Crippen LogP contribution in [0.3, 0.4) is 0 Å². The van der Waals surface area contributed by atoms with Crippen LogP contribution in [0.4, 0.5) is 0 Å². The minimum Gasteiger partial charge on any atom is -0.478 e. The van der Waals surface area contributed by atoms with Crippen LogP contribution in [0.2, 0.25) is 0 Å². The molecule has 2 aromatic heterocycles. The molecular weight excluding hydrogens is 258 g/mol. The highest BCUT2D eigenvalue weighted by molar-refractivity contribution is 5.89. The molecule has 0 aliphatic rings. The van der Waals surface area contributed by atoms with E-state index in [0.29, 0.717) is 11.4 Å². The molecule has 98 valence electrons. The third kappa shape index (κ3) is 2.26. The monoisotopic (exact) mass is 267 g/mol. The van der Waals surface area contributed by atoms with Gasteiger partial charge < -0.3 is 9.63 Å². The van der Waals surface area contributed by atoms with Gasteiger partial charge >= 0.3 is 5.97 Å². The lowest BCUT2D eigenvalue weighted by atomic mass is 10.1. The molecule has 3 rings (SSSR count). The van der Waals surface area contributed by atoms with Crippen molar-refractivity contribution >= 4 is 5.97 Å². The first kappa shape index (κ1) is 12.0. The summed E-state index contributed by atoms with van der Waals surface area (Å²) in [6.07, 6.45) is 3.28. The fourth-order valence-corrected chi connectivity index (χ4v) is 1.74. The van der Waals surface area contributed by atoms with Crippen LogP contribution < -0.4 is 0 Å². The smallest absolute Gasteiger partial charge is 0.335 e. The van der Waals surface area contributed by atoms with Gasteiger partial charge in [0.05, 0.1) is 5.56 Å². The number of hydrogen-bond acceptors (Lipinski definition) is 5. The van der Waals surface area contributed by atoms with E-state index in [0.717, 1.165) is 5.56 Å². The van der Waals surface area contributed by atoms with Crippen LogP contribution in [0.5, 0.6) is 0 Å². The minimum absolute atomic E-state index is 0.170. The number of aromatic carboxylic acids is 1. The number of nitrogens with zero attached hydrogens (tertiary/aromatic N) is 3. The van der Waals surface area contributed by atoms with Crippen molar-refractivity contribution in [2.24, 2.45) is 0 Å². The Morgan fingerprint density at radius 3 is 2.75 bits per heavy atom. The van der Waals surface area contributed by atoms with Crippen molar-refractivity contribution < 1.29 is 14.4 Å². The Bertz CT molecular complexity index is 753. The largest absolute Gasteiger partial charge is 0.478 e. The zero-order valence-corrected chi connectivity index (χ0v) is 10.2. The SMILES string of the molecule is O=C(O)c1cccc(-c2nc(-c3cccnc3)no2)c1. The lowest BCUT2D eigenvalue weighted by Crippen LogP contribution is -1.95. The molecule has 0 spiro atoms. The van der Waals surface area contributed by atoms with E-state index in [2.05, 4.69) is 15.1 Å². The second-order valence-electron chi connectivity index (χ2n) is 4.05. The summed E-state index contributed by atoms with van der Waals surface area (Å²) in [6.45, 7) is 0. The first-order chi connectivity index (χ1) is 9.74. The Morgan fingerprint density at radius 2 is 2.00 bits per heavy atom. The van der Waals surface area contributed by atoms with Crippen LogP contribution in [-0.4, -0.2) is 26.2 Å². The molecule has 0 atom stereocenters. The Labute approximate surface area is 113 Å². The van der Waals surface area contributed by atoms with Gasteiger partial charge in [-0.2, -0.15) is 4.98 Å². The summed E-state index contributed by atoms with van der Waals surface area (Å²) >= 11 is 0. The lowest BCUT2D eigenvalue weighted by Gasteiger charge is -1.96. The van der Waals surface area contributed by atoms with E-state index >= 15 is 0 Å². The maximum absolute atomic E-state index is 10.9. The minimum atomic E-state index is -1.00. The van der Waals surface area contributed by atoms with E-state index in [9.17, 15) is 4.79 Å². The van der Waals surface area contributed by atoms with Gasteiger partial charge in [-0.3, -0.25) is 4.98 Å². The standard InChI is InChI=1S/C14H9N3O3/c18-14(19)10-4-1-3-9(7-10)13-16-12(17-20-13)11-5-2-6-15-8-11/h1-8H,(H,18,19). The summed E-state index contributed by atoms with van der Waals surface area (Å²) in [6, 6.07) is 9.93. The van der Waals surface area contributed by atoms with E-state index in [-0.39, 0.29) is 11.5 Å². The summed E-state index contributed by atoms with van der Waals surface area (Å²) in [4.78, 5) is 19.2. The van der Waals surface area contributed by atoms with Crippen LogP contribution in [0.1, 0.15) is 10.4 Å². The average Bonchev–Trinajstić information content (AvgIpc) is 2.98. The third-order valence-electron chi connectivity index (χ3n) is 2.70. The maximum Gasteiger partial charge on any atom is 0.335 e. The number of carboxylic acids is 1. The van der Waals surface area contributed by atoms with Crippen molar-refractivity contribution in [1.29, 1.82) is 0 Å². The van der Waals surface area contributed by atoms with Gasteiger partial charge in [0.1, 0.15) is 0 Å². The van der Waals surface area contributed by atoms with Crippen LogP contribution in [0.15, 0.2) is 53.3 Å². The zero-order valence-electron chi connectivity index (χ0n) is 10.2. The van der Waals surface area contributed by atoms with Crippen LogP contribution in [0.25, 0.3) is 22.8 Å². The normalized spacial score (nSPS) is 10.4. The number of pyridine rings is 1. The molecule has 0 aliphatic carbocycles. The Morgan fingerprint density at radius 1 is 1.15 bits per heavy atom. The van der Waals surface area contributed by atoms with Crippen molar-refractivity contribution in [3.05, 3.63) is 54.4 Å². The molecule has 0 saturated heterocycles. The maximum atomic E-state index is 10.9. The lowest BCUT2D eigenvalue weighted by molar-refractivity contribution is 0.0697. The van der Waals surface area contributed by atoms with Crippen molar-refractivity contribution in [3.8, 4) is 22.8 Å². The molecule has 0 unspecified atom stereocenters. The number of benzene rings is 1. The number of carbonyl (C=O) groups is 1. The Hall–Kier alpha value is -3.02. The van der Waals surface area contributed by atoms with E-state index in [4.69, 9.17) is 9.63 Å². The molecule has 2 heterocycles. The first-order valence-electron chi connectivity index (χ1n) is 5.82. The molecule has 1 N–H and O–H groups in total. The molecule has 0 amide bonds. The molecule has 6 nitrogen and oxygen atoms in total. The second-order valence-corrected chi connectivity index (χ2v) is 4.05. The number of hydrogen-bond donors (Lipinski definition) is 1. The summed E-state index contributed by atoms with van der Waals surface area (Å²) in [5, 5.41) is 12.8. The molecule has 20 heavy (non-hydrogen) atoms. The van der Waals surface area contributed by atoms with Gasteiger partial charge in [0, 0.05) is 23.5 Å². The average molecular weight is 267 g/mol. The molecule has 3 aromatic rings. The van der Waals surface area contributed by atoms with Gasteiger partial charge in [0.15, 0.2) is 0 Å². The number of carboxylic acid groups (broad SMARTS) is 1. The number of aromatic nitrogens is 3.